The zero-order valence-electron chi connectivity index (χ0n) is 11.3. The lowest BCUT2D eigenvalue weighted by molar-refractivity contribution is -0.120. The third-order valence-electron chi connectivity index (χ3n) is 3.09. The monoisotopic (exact) mass is 328 g/mol. The Bertz CT molecular complexity index is 511. The van der Waals surface area contributed by atoms with Crippen molar-refractivity contribution in [1.29, 1.82) is 0 Å². The van der Waals surface area contributed by atoms with Gasteiger partial charge in [-0.05, 0) is 33.8 Å². The molecule has 1 aliphatic heterocycles. The van der Waals surface area contributed by atoms with Crippen molar-refractivity contribution in [3.63, 3.8) is 0 Å². The molecule has 1 amide bonds. The van der Waals surface area contributed by atoms with Gasteiger partial charge in [-0.3, -0.25) is 4.79 Å². The van der Waals surface area contributed by atoms with Crippen LogP contribution in [0.5, 0.6) is 0 Å². The molecule has 0 fully saturated rings. The lowest BCUT2D eigenvalue weighted by Crippen LogP contribution is -2.29. The van der Waals surface area contributed by atoms with Gasteiger partial charge in [-0.25, -0.2) is 4.39 Å². The normalized spacial score (nSPS) is 19.2. The summed E-state index contributed by atoms with van der Waals surface area (Å²) in [6.07, 6.45) is 0.781. The smallest absolute Gasteiger partial charge is 0.229 e. The van der Waals surface area contributed by atoms with E-state index in [0.29, 0.717) is 16.7 Å². The highest BCUT2D eigenvalue weighted by atomic mass is 79.9. The molecule has 1 aromatic carbocycles. The Morgan fingerprint density at radius 3 is 2.68 bits per heavy atom. The van der Waals surface area contributed by atoms with Gasteiger partial charge in [0.1, 0.15) is 5.82 Å². The molecule has 0 saturated heterocycles. The molecule has 0 aromatic heterocycles. The van der Waals surface area contributed by atoms with E-state index < -0.39 is 0 Å². The number of fused-ring (bicyclic) bond motifs is 1. The molecule has 1 aliphatic rings. The Labute approximate surface area is 121 Å². The minimum Gasteiger partial charge on any atom is -0.383 e. The minimum atomic E-state index is -0.380. The second kappa shape index (κ2) is 5.12. The second-order valence-electron chi connectivity index (χ2n) is 6.14. The number of amides is 1. The van der Waals surface area contributed by atoms with Crippen molar-refractivity contribution < 1.29 is 9.18 Å². The van der Waals surface area contributed by atoms with E-state index in [1.165, 1.54) is 6.07 Å². The standard InChI is InChI=1S/C14H18BrFN2O/c1-14(2,3)6-8-7-17-11-4-9(15)10(16)5-12(11)18-13(8)19/h4-5,8,17H,6-7H2,1-3H3,(H,18,19). The first-order valence-corrected chi connectivity index (χ1v) is 7.09. The van der Waals surface area contributed by atoms with Crippen molar-refractivity contribution in [2.75, 3.05) is 17.2 Å². The zero-order chi connectivity index (χ0) is 14.2. The van der Waals surface area contributed by atoms with Gasteiger partial charge in [0.05, 0.1) is 21.8 Å². The predicted octanol–water partition coefficient (Wildman–Crippen LogP) is 4.00. The Hall–Kier alpha value is -1.10. The average Bonchev–Trinajstić information content (AvgIpc) is 2.40. The fourth-order valence-electron chi connectivity index (χ4n) is 2.26. The van der Waals surface area contributed by atoms with Gasteiger partial charge in [0.15, 0.2) is 0 Å². The Morgan fingerprint density at radius 2 is 2.05 bits per heavy atom. The molecule has 0 spiro atoms. The second-order valence-corrected chi connectivity index (χ2v) is 7.00. The van der Waals surface area contributed by atoms with Gasteiger partial charge < -0.3 is 10.6 Å². The summed E-state index contributed by atoms with van der Waals surface area (Å²) in [5.74, 6) is -0.549. The van der Waals surface area contributed by atoms with Gasteiger partial charge in [-0.15, -0.1) is 0 Å². The summed E-state index contributed by atoms with van der Waals surface area (Å²) in [4.78, 5) is 12.2. The summed E-state index contributed by atoms with van der Waals surface area (Å²) >= 11 is 3.15. The van der Waals surface area contributed by atoms with Crippen LogP contribution < -0.4 is 10.6 Å². The molecule has 5 heteroatoms. The number of carbonyl (C=O) groups is 1. The molecule has 1 atom stereocenters. The van der Waals surface area contributed by atoms with E-state index >= 15 is 0 Å². The van der Waals surface area contributed by atoms with Crippen LogP contribution in [0.3, 0.4) is 0 Å². The van der Waals surface area contributed by atoms with Gasteiger partial charge in [-0.2, -0.15) is 0 Å². The lowest BCUT2D eigenvalue weighted by atomic mass is 9.84. The quantitative estimate of drug-likeness (QED) is 0.817. The van der Waals surface area contributed by atoms with E-state index in [4.69, 9.17) is 0 Å². The molecule has 0 aliphatic carbocycles. The fourth-order valence-corrected chi connectivity index (χ4v) is 2.60. The first-order valence-electron chi connectivity index (χ1n) is 6.30. The van der Waals surface area contributed by atoms with Crippen LogP contribution in [0.25, 0.3) is 0 Å². The van der Waals surface area contributed by atoms with Gasteiger partial charge >= 0.3 is 0 Å². The van der Waals surface area contributed by atoms with E-state index in [9.17, 15) is 9.18 Å². The molecular weight excluding hydrogens is 311 g/mol. The van der Waals surface area contributed by atoms with E-state index in [-0.39, 0.29) is 23.1 Å². The molecular formula is C14H18BrFN2O. The average molecular weight is 329 g/mol. The van der Waals surface area contributed by atoms with Crippen molar-refractivity contribution >= 4 is 33.2 Å². The largest absolute Gasteiger partial charge is 0.383 e. The molecule has 0 saturated carbocycles. The topological polar surface area (TPSA) is 41.1 Å². The maximum absolute atomic E-state index is 13.5. The Morgan fingerprint density at radius 1 is 1.37 bits per heavy atom. The van der Waals surface area contributed by atoms with Crippen LogP contribution in [0.4, 0.5) is 15.8 Å². The maximum Gasteiger partial charge on any atom is 0.229 e. The maximum atomic E-state index is 13.5. The van der Waals surface area contributed by atoms with Gasteiger partial charge in [-0.1, -0.05) is 20.8 Å². The number of nitrogens with one attached hydrogen (secondary N) is 2. The number of rotatable bonds is 1. The highest BCUT2D eigenvalue weighted by molar-refractivity contribution is 9.10. The highest BCUT2D eigenvalue weighted by Gasteiger charge is 2.28. The van der Waals surface area contributed by atoms with Crippen molar-refractivity contribution in [2.45, 2.75) is 27.2 Å². The molecule has 1 heterocycles. The van der Waals surface area contributed by atoms with Crippen molar-refractivity contribution in [3.8, 4) is 0 Å². The zero-order valence-corrected chi connectivity index (χ0v) is 12.9. The summed E-state index contributed by atoms with van der Waals surface area (Å²) in [5, 5.41) is 6.02. The molecule has 2 rings (SSSR count). The van der Waals surface area contributed by atoms with Gasteiger partial charge in [0, 0.05) is 12.6 Å². The van der Waals surface area contributed by atoms with E-state index in [0.717, 1.165) is 12.1 Å². The van der Waals surface area contributed by atoms with E-state index in [1.807, 2.05) is 0 Å². The Balaban J connectivity index is 2.24. The molecule has 1 aromatic rings. The number of hydrogen-bond donors (Lipinski definition) is 2. The SMILES string of the molecule is CC(C)(C)CC1CNc2cc(Br)c(F)cc2NC1=O. The number of anilines is 2. The molecule has 104 valence electrons. The number of benzene rings is 1. The summed E-state index contributed by atoms with van der Waals surface area (Å²) < 4.78 is 13.9. The lowest BCUT2D eigenvalue weighted by Gasteiger charge is -2.23. The van der Waals surface area contributed by atoms with Gasteiger partial charge in [0.2, 0.25) is 5.91 Å². The highest BCUT2D eigenvalue weighted by Crippen LogP contribution is 2.33. The summed E-state index contributed by atoms with van der Waals surface area (Å²) in [7, 11) is 0. The van der Waals surface area contributed by atoms with E-state index in [2.05, 4.69) is 47.3 Å². The van der Waals surface area contributed by atoms with Crippen LogP contribution in [0.2, 0.25) is 0 Å². The molecule has 1 unspecified atom stereocenters. The third-order valence-corrected chi connectivity index (χ3v) is 3.69. The van der Waals surface area contributed by atoms with Crippen molar-refractivity contribution in [3.05, 3.63) is 22.4 Å². The minimum absolute atomic E-state index is 0.0529. The van der Waals surface area contributed by atoms with Crippen LogP contribution in [0, 0.1) is 17.2 Å². The number of carbonyl (C=O) groups excluding carboxylic acids is 1. The van der Waals surface area contributed by atoms with Crippen LogP contribution >= 0.6 is 15.9 Å². The fraction of sp³-hybridized carbons (Fsp3) is 0.500. The summed E-state index contributed by atoms with van der Waals surface area (Å²) in [6, 6.07) is 2.99. The molecule has 2 N–H and O–H groups in total. The summed E-state index contributed by atoms with van der Waals surface area (Å²) in [5.41, 5.74) is 1.33. The van der Waals surface area contributed by atoms with Crippen molar-refractivity contribution in [1.82, 2.24) is 0 Å². The first kappa shape index (κ1) is 14.3. The summed E-state index contributed by atoms with van der Waals surface area (Å²) in [6.45, 7) is 6.88. The van der Waals surface area contributed by atoms with Crippen molar-refractivity contribution in [2.24, 2.45) is 11.3 Å². The third kappa shape index (κ3) is 3.47. The van der Waals surface area contributed by atoms with E-state index in [1.54, 1.807) is 6.07 Å². The first-order chi connectivity index (χ1) is 8.76. The number of halogens is 2. The molecule has 3 nitrogen and oxygen atoms in total. The van der Waals surface area contributed by atoms with Crippen LogP contribution in [0.15, 0.2) is 16.6 Å². The Kier molecular flexibility index (Phi) is 3.85. The molecule has 0 bridgehead atoms. The number of hydrogen-bond acceptors (Lipinski definition) is 2. The van der Waals surface area contributed by atoms with Gasteiger partial charge in [0.25, 0.3) is 0 Å². The molecule has 0 radical (unpaired) electrons. The van der Waals surface area contributed by atoms with Crippen LogP contribution in [-0.2, 0) is 4.79 Å². The van der Waals surface area contributed by atoms with Crippen LogP contribution in [0.1, 0.15) is 27.2 Å². The van der Waals surface area contributed by atoms with Crippen LogP contribution in [-0.4, -0.2) is 12.5 Å². The predicted molar refractivity (Wildman–Crippen MR) is 78.8 cm³/mol. The molecule has 19 heavy (non-hydrogen) atoms.